The largest absolute Gasteiger partial charge is 0.380 e. The maximum Gasteiger partial charge on any atom is 0.114 e. The van der Waals surface area contributed by atoms with Crippen LogP contribution in [0.3, 0.4) is 0 Å². The highest BCUT2D eigenvalue weighted by atomic mass is 16.5. The summed E-state index contributed by atoms with van der Waals surface area (Å²) in [6.07, 6.45) is 0.136. The van der Waals surface area contributed by atoms with Gasteiger partial charge in [0.05, 0.1) is 6.61 Å². The zero-order chi connectivity index (χ0) is 10.9. The Balaban J connectivity index is 2.19. The Morgan fingerprint density at radius 1 is 1.33 bits per heavy atom. The van der Waals surface area contributed by atoms with Crippen LogP contribution in [0.15, 0.2) is 30.3 Å². The van der Waals surface area contributed by atoms with Crippen LogP contribution in [-0.2, 0) is 11.3 Å². The van der Waals surface area contributed by atoms with E-state index in [-0.39, 0.29) is 0 Å². The molecule has 1 atom stereocenters. The minimum atomic E-state index is -0.523. The molecule has 0 aromatic heterocycles. The summed E-state index contributed by atoms with van der Waals surface area (Å²) in [4.78, 5) is 0. The van der Waals surface area contributed by atoms with Gasteiger partial charge < -0.3 is 9.84 Å². The van der Waals surface area contributed by atoms with Gasteiger partial charge in [-0.2, -0.15) is 0 Å². The topological polar surface area (TPSA) is 29.5 Å². The fourth-order valence-corrected chi connectivity index (χ4v) is 1.06. The molecule has 15 heavy (non-hydrogen) atoms. The van der Waals surface area contributed by atoms with E-state index in [1.165, 1.54) is 0 Å². The van der Waals surface area contributed by atoms with E-state index >= 15 is 0 Å². The molecule has 0 amide bonds. The van der Waals surface area contributed by atoms with Crippen LogP contribution in [0.5, 0.6) is 0 Å². The number of ether oxygens (including phenoxy) is 1. The van der Waals surface area contributed by atoms with Crippen molar-refractivity contribution in [1.82, 2.24) is 0 Å². The van der Waals surface area contributed by atoms with Crippen molar-refractivity contribution >= 4 is 0 Å². The third-order valence-electron chi connectivity index (χ3n) is 1.94. The van der Waals surface area contributed by atoms with Gasteiger partial charge in [0.1, 0.15) is 12.7 Å². The van der Waals surface area contributed by atoms with Crippen LogP contribution in [0.1, 0.15) is 18.9 Å². The minimum absolute atomic E-state index is 0.367. The Kier molecular flexibility index (Phi) is 5.54. The Morgan fingerprint density at radius 2 is 2.07 bits per heavy atom. The lowest BCUT2D eigenvalue weighted by atomic mass is 10.2. The smallest absolute Gasteiger partial charge is 0.114 e. The fraction of sp³-hybridized carbons (Fsp3) is 0.385. The molecule has 1 rings (SSSR count). The predicted octanol–water partition coefficient (Wildman–Crippen LogP) is 1.98. The summed E-state index contributed by atoms with van der Waals surface area (Å²) in [5.41, 5.74) is 1.13. The molecular weight excluding hydrogens is 188 g/mol. The average molecular weight is 204 g/mol. The van der Waals surface area contributed by atoms with Gasteiger partial charge in [-0.1, -0.05) is 49.1 Å². The van der Waals surface area contributed by atoms with Crippen molar-refractivity contribution in [3.63, 3.8) is 0 Å². The summed E-state index contributed by atoms with van der Waals surface area (Å²) < 4.78 is 5.33. The molecule has 0 fully saturated rings. The summed E-state index contributed by atoms with van der Waals surface area (Å²) in [6, 6.07) is 9.94. The lowest BCUT2D eigenvalue weighted by molar-refractivity contribution is 0.153. The van der Waals surface area contributed by atoms with Gasteiger partial charge in [0.2, 0.25) is 0 Å². The third-order valence-corrected chi connectivity index (χ3v) is 1.94. The Hall–Kier alpha value is -1.30. The van der Waals surface area contributed by atoms with Gasteiger partial charge in [-0.25, -0.2) is 0 Å². The van der Waals surface area contributed by atoms with Crippen molar-refractivity contribution < 1.29 is 9.84 Å². The van der Waals surface area contributed by atoms with Gasteiger partial charge in [-0.05, 0) is 12.0 Å². The molecule has 0 saturated heterocycles. The highest BCUT2D eigenvalue weighted by Crippen LogP contribution is 1.99. The second kappa shape index (κ2) is 7.05. The molecule has 0 bridgehead atoms. The van der Waals surface area contributed by atoms with E-state index in [1.54, 1.807) is 0 Å². The first-order valence-corrected chi connectivity index (χ1v) is 5.11. The number of hydrogen-bond donors (Lipinski definition) is 1. The van der Waals surface area contributed by atoms with Crippen molar-refractivity contribution in [3.8, 4) is 11.8 Å². The first-order chi connectivity index (χ1) is 7.33. The lowest BCUT2D eigenvalue weighted by Gasteiger charge is -1.99. The Labute approximate surface area is 90.9 Å². The van der Waals surface area contributed by atoms with Gasteiger partial charge in [-0.15, -0.1) is 0 Å². The van der Waals surface area contributed by atoms with Crippen molar-refractivity contribution in [2.45, 2.75) is 26.1 Å². The fourth-order valence-electron chi connectivity index (χ4n) is 1.06. The quantitative estimate of drug-likeness (QED) is 0.600. The molecule has 80 valence electrons. The van der Waals surface area contributed by atoms with E-state index < -0.39 is 6.10 Å². The molecule has 0 radical (unpaired) electrons. The SMILES string of the molecule is CC[C@@H](O)C#CCOCc1ccccc1. The lowest BCUT2D eigenvalue weighted by Crippen LogP contribution is -2.00. The van der Waals surface area contributed by atoms with Crippen molar-refractivity contribution in [2.75, 3.05) is 6.61 Å². The van der Waals surface area contributed by atoms with Crippen LogP contribution in [-0.4, -0.2) is 17.8 Å². The first-order valence-electron chi connectivity index (χ1n) is 5.11. The van der Waals surface area contributed by atoms with Gasteiger partial charge >= 0.3 is 0 Å². The van der Waals surface area contributed by atoms with Crippen LogP contribution in [0.4, 0.5) is 0 Å². The third kappa shape index (κ3) is 5.21. The second-order valence-electron chi connectivity index (χ2n) is 3.22. The molecule has 1 aromatic carbocycles. The number of hydrogen-bond acceptors (Lipinski definition) is 2. The molecule has 1 aromatic rings. The summed E-state index contributed by atoms with van der Waals surface area (Å²) >= 11 is 0. The van der Waals surface area contributed by atoms with Crippen LogP contribution >= 0.6 is 0 Å². The molecule has 0 aliphatic rings. The van der Waals surface area contributed by atoms with E-state index in [1.807, 2.05) is 37.3 Å². The highest BCUT2D eigenvalue weighted by molar-refractivity contribution is 5.13. The van der Waals surface area contributed by atoms with Gasteiger partial charge in [0, 0.05) is 0 Å². The van der Waals surface area contributed by atoms with Crippen molar-refractivity contribution in [2.24, 2.45) is 0 Å². The predicted molar refractivity (Wildman–Crippen MR) is 60.2 cm³/mol. The maximum absolute atomic E-state index is 9.15. The van der Waals surface area contributed by atoms with Crippen LogP contribution in [0, 0.1) is 11.8 Å². The van der Waals surface area contributed by atoms with E-state index in [2.05, 4.69) is 11.8 Å². The Morgan fingerprint density at radius 3 is 2.73 bits per heavy atom. The normalized spacial score (nSPS) is 11.6. The molecule has 0 unspecified atom stereocenters. The number of aliphatic hydroxyl groups excluding tert-OH is 1. The maximum atomic E-state index is 9.15. The monoisotopic (exact) mass is 204 g/mol. The van der Waals surface area contributed by atoms with Crippen LogP contribution in [0.25, 0.3) is 0 Å². The number of rotatable bonds is 4. The zero-order valence-electron chi connectivity index (χ0n) is 8.94. The highest BCUT2D eigenvalue weighted by Gasteiger charge is 1.91. The molecule has 0 saturated carbocycles. The summed E-state index contributed by atoms with van der Waals surface area (Å²) in [7, 11) is 0. The van der Waals surface area contributed by atoms with Crippen molar-refractivity contribution in [3.05, 3.63) is 35.9 Å². The second-order valence-corrected chi connectivity index (χ2v) is 3.22. The molecule has 0 aliphatic carbocycles. The molecule has 2 nitrogen and oxygen atoms in total. The molecule has 2 heteroatoms. The van der Waals surface area contributed by atoms with Gasteiger partial charge in [0.25, 0.3) is 0 Å². The standard InChI is InChI=1S/C13H16O2/c1-2-13(14)9-6-10-15-11-12-7-4-3-5-8-12/h3-5,7-8,13-14H,2,10-11H2,1H3/t13-/m1/s1. The molecule has 0 aliphatic heterocycles. The molecule has 0 spiro atoms. The molecule has 0 heterocycles. The summed E-state index contributed by atoms with van der Waals surface area (Å²) in [5.74, 6) is 5.48. The minimum Gasteiger partial charge on any atom is -0.380 e. The van der Waals surface area contributed by atoms with Crippen LogP contribution < -0.4 is 0 Å². The first kappa shape index (κ1) is 11.8. The summed E-state index contributed by atoms with van der Waals surface area (Å²) in [6.45, 7) is 2.83. The summed E-state index contributed by atoms with van der Waals surface area (Å²) in [5, 5.41) is 9.15. The van der Waals surface area contributed by atoms with Crippen LogP contribution in [0.2, 0.25) is 0 Å². The van der Waals surface area contributed by atoms with Crippen molar-refractivity contribution in [1.29, 1.82) is 0 Å². The molecule has 1 N–H and O–H groups in total. The Bertz CT molecular complexity index is 321. The van der Waals surface area contributed by atoms with E-state index in [0.29, 0.717) is 19.6 Å². The average Bonchev–Trinajstić information content (AvgIpc) is 2.29. The van der Waals surface area contributed by atoms with E-state index in [4.69, 9.17) is 9.84 Å². The van der Waals surface area contributed by atoms with E-state index in [9.17, 15) is 0 Å². The number of benzene rings is 1. The van der Waals surface area contributed by atoms with Gasteiger partial charge in [-0.3, -0.25) is 0 Å². The van der Waals surface area contributed by atoms with Gasteiger partial charge in [0.15, 0.2) is 0 Å². The van der Waals surface area contributed by atoms with E-state index in [0.717, 1.165) is 5.56 Å². The molecular formula is C13H16O2. The zero-order valence-corrected chi connectivity index (χ0v) is 8.94. The number of aliphatic hydroxyl groups is 1.